The summed E-state index contributed by atoms with van der Waals surface area (Å²) in [7, 11) is -3.46. The number of anilines is 2. The highest BCUT2D eigenvalue weighted by Crippen LogP contribution is 2.60. The number of carbonyl (C=O) groups excluding carboxylic acids is 2. The van der Waals surface area contributed by atoms with Crippen LogP contribution in [-0.4, -0.2) is 65.3 Å². The Kier molecular flexibility index (Phi) is 12.1. The van der Waals surface area contributed by atoms with E-state index in [0.717, 1.165) is 29.7 Å². The number of amides is 2. The number of hydrogen-bond donors (Lipinski definition) is 1. The van der Waals surface area contributed by atoms with Crippen molar-refractivity contribution in [3.8, 4) is 0 Å². The monoisotopic (exact) mass is 802 g/mol. The van der Waals surface area contributed by atoms with Gasteiger partial charge in [-0.1, -0.05) is 96.1 Å². The number of allylic oxidation sites excluding steroid dienone is 3. The van der Waals surface area contributed by atoms with Gasteiger partial charge in [0, 0.05) is 49.2 Å². The highest BCUT2D eigenvalue weighted by Gasteiger charge is 2.66. The van der Waals surface area contributed by atoms with Gasteiger partial charge in [0.05, 0.1) is 41.4 Å². The number of aliphatic hydroxyl groups excluding tert-OH is 1. The van der Waals surface area contributed by atoms with Crippen molar-refractivity contribution in [3.05, 3.63) is 131 Å². The second-order valence-electron chi connectivity index (χ2n) is 16.7. The normalized spacial score (nSPS) is 22.7. The van der Waals surface area contributed by atoms with E-state index in [1.54, 1.807) is 22.7 Å². The quantitative estimate of drug-likeness (QED) is 0.0775. The molecule has 2 amide bonds. The molecule has 4 aromatic rings. The van der Waals surface area contributed by atoms with Crippen LogP contribution in [0, 0.1) is 5.92 Å². The molecule has 1 spiro atoms. The maximum Gasteiger partial charge on any atom is 0.264 e. The molecule has 0 aliphatic carbocycles. The molecule has 1 aromatic heterocycles. The highest BCUT2D eigenvalue weighted by atomic mass is 28.4. The van der Waals surface area contributed by atoms with E-state index in [1.165, 1.54) is 16.2 Å². The Labute approximate surface area is 342 Å². The van der Waals surface area contributed by atoms with Crippen molar-refractivity contribution in [1.29, 1.82) is 0 Å². The maximum atomic E-state index is 16.7. The van der Waals surface area contributed by atoms with Crippen LogP contribution in [-0.2, 0) is 26.5 Å². The van der Waals surface area contributed by atoms with Crippen LogP contribution in [0.4, 0.5) is 15.5 Å². The lowest BCUT2D eigenvalue weighted by molar-refractivity contribution is -0.145. The van der Waals surface area contributed by atoms with Crippen LogP contribution in [0.3, 0.4) is 0 Å². The molecule has 3 aliphatic rings. The minimum Gasteiger partial charge on any atom is -0.395 e. The largest absolute Gasteiger partial charge is 0.395 e. The Morgan fingerprint density at radius 2 is 1.74 bits per heavy atom. The summed E-state index contributed by atoms with van der Waals surface area (Å²) < 4.78 is 25.5. The zero-order valence-corrected chi connectivity index (χ0v) is 35.4. The fourth-order valence-electron chi connectivity index (χ4n) is 9.04. The first-order valence-electron chi connectivity index (χ1n) is 20.5. The summed E-state index contributed by atoms with van der Waals surface area (Å²) in [6.07, 6.45) is 8.54. The summed E-state index contributed by atoms with van der Waals surface area (Å²) in [5.41, 5.74) is 5.64. The Morgan fingerprint density at radius 1 is 1.02 bits per heavy atom. The molecule has 0 bridgehead atoms. The summed E-state index contributed by atoms with van der Waals surface area (Å²) in [5, 5.41) is 25.3. The molecular weight excluding hydrogens is 748 g/mol. The predicted molar refractivity (Wildman–Crippen MR) is 229 cm³/mol. The topological polar surface area (TPSA) is 113 Å². The molecule has 0 saturated carbocycles. The SMILES string of the molecule is CC(C)=CCC/C(C)=C/CN1C(=O)[C@]2(O[C@H](CCn3cc(C(CO)c4ccccc4)nn3)[C@@H]([Si](C)(C)F)[C@@H]2C)c2cc(N3N=C(c4ccccc4)CCC3=O)ccc21. The summed E-state index contributed by atoms with van der Waals surface area (Å²) in [4.78, 5) is 30.4. The van der Waals surface area contributed by atoms with Crippen molar-refractivity contribution in [3.63, 3.8) is 0 Å². The molecule has 304 valence electrons. The molecular formula is C46H55FN6O4Si. The molecule has 10 nitrogen and oxygen atoms in total. The van der Waals surface area contributed by atoms with Gasteiger partial charge >= 0.3 is 0 Å². The number of aromatic nitrogens is 3. The smallest absolute Gasteiger partial charge is 0.264 e. The molecule has 1 unspecified atom stereocenters. The van der Waals surface area contributed by atoms with Crippen LogP contribution in [0.1, 0.15) is 88.1 Å². The van der Waals surface area contributed by atoms with E-state index in [4.69, 9.17) is 9.84 Å². The fraction of sp³-hybridized carbons (Fsp3) is 0.413. The van der Waals surface area contributed by atoms with Gasteiger partial charge in [-0.25, -0.2) is 5.01 Å². The van der Waals surface area contributed by atoms with E-state index in [9.17, 15) is 9.90 Å². The third-order valence-corrected chi connectivity index (χ3v) is 14.4. The van der Waals surface area contributed by atoms with Gasteiger partial charge in [0.25, 0.3) is 5.91 Å². The zero-order valence-electron chi connectivity index (χ0n) is 34.4. The Hall–Kier alpha value is -5.04. The van der Waals surface area contributed by atoms with Gasteiger partial charge in [0.2, 0.25) is 14.3 Å². The van der Waals surface area contributed by atoms with Gasteiger partial charge in [0.1, 0.15) is 0 Å². The third kappa shape index (κ3) is 8.14. The first-order valence-corrected chi connectivity index (χ1v) is 23.4. The molecule has 3 aromatic carbocycles. The Balaban J connectivity index is 1.24. The number of carbonyl (C=O) groups is 2. The van der Waals surface area contributed by atoms with Crippen LogP contribution in [0.15, 0.2) is 113 Å². The van der Waals surface area contributed by atoms with Gasteiger partial charge < -0.3 is 18.9 Å². The number of benzene rings is 3. The van der Waals surface area contributed by atoms with Gasteiger partial charge in [-0.3, -0.25) is 14.3 Å². The summed E-state index contributed by atoms with van der Waals surface area (Å²) in [6.45, 7) is 12.2. The van der Waals surface area contributed by atoms with Crippen molar-refractivity contribution >= 4 is 37.3 Å². The Morgan fingerprint density at radius 3 is 2.43 bits per heavy atom. The van der Waals surface area contributed by atoms with Crippen LogP contribution in [0.25, 0.3) is 0 Å². The van der Waals surface area contributed by atoms with Crippen LogP contribution < -0.4 is 9.91 Å². The third-order valence-electron chi connectivity index (χ3n) is 12.0. The number of nitrogens with zero attached hydrogens (tertiary/aromatic N) is 6. The van der Waals surface area contributed by atoms with E-state index in [2.05, 4.69) is 43.2 Å². The molecule has 1 fully saturated rings. The van der Waals surface area contributed by atoms with Gasteiger partial charge in [0.15, 0.2) is 5.60 Å². The van der Waals surface area contributed by atoms with E-state index < -0.39 is 31.6 Å². The lowest BCUT2D eigenvalue weighted by atomic mass is 9.82. The Bertz CT molecular complexity index is 2210. The second kappa shape index (κ2) is 17.0. The summed E-state index contributed by atoms with van der Waals surface area (Å²) >= 11 is 0. The molecule has 7 rings (SSSR count). The van der Waals surface area contributed by atoms with Crippen LogP contribution in [0.2, 0.25) is 18.6 Å². The number of halogens is 1. The first-order chi connectivity index (χ1) is 27.8. The molecule has 5 atom stereocenters. The molecule has 3 aliphatic heterocycles. The number of hydrazone groups is 1. The fourth-order valence-corrected chi connectivity index (χ4v) is 11.6. The van der Waals surface area contributed by atoms with Crippen molar-refractivity contribution in [2.24, 2.45) is 11.0 Å². The van der Waals surface area contributed by atoms with Crippen molar-refractivity contribution in [2.45, 2.75) is 103 Å². The standard InChI is InChI=1S/C46H55FN6O4Si/c1-31(2)14-13-15-32(3)24-27-52-41-22-20-36(53-43(55)23-21-39(49-53)35-18-11-8-12-19-35)28-38(41)46(45(52)56)33(4)44(58(5,6)47)42(57-46)25-26-51-29-40(48-50-51)37(30-54)34-16-9-7-10-17-34/h7-12,14,16-20,22,24,28-29,33,37,42,44,54H,13,15,21,23,25-27,30H2,1-6H3/b32-24+/t33-,37?,42+,44-,46+/m0/s1. The van der Waals surface area contributed by atoms with Gasteiger partial charge in [-0.05, 0) is 82.5 Å². The van der Waals surface area contributed by atoms with Gasteiger partial charge in [-0.2, -0.15) is 5.10 Å². The minimum atomic E-state index is -3.46. The molecule has 58 heavy (non-hydrogen) atoms. The van der Waals surface area contributed by atoms with Crippen molar-refractivity contribution in [2.75, 3.05) is 23.1 Å². The second-order valence-corrected chi connectivity index (χ2v) is 20.5. The number of fused-ring (bicyclic) bond motifs is 2. The minimum absolute atomic E-state index is 0.121. The molecule has 1 saturated heterocycles. The van der Waals surface area contributed by atoms with Crippen LogP contribution in [0.5, 0.6) is 0 Å². The summed E-state index contributed by atoms with van der Waals surface area (Å²) in [5.74, 6) is -1.20. The maximum absolute atomic E-state index is 16.7. The van der Waals surface area contributed by atoms with Gasteiger partial charge in [-0.15, -0.1) is 5.10 Å². The van der Waals surface area contributed by atoms with E-state index in [0.29, 0.717) is 55.0 Å². The molecule has 0 radical (unpaired) electrons. The predicted octanol–water partition coefficient (Wildman–Crippen LogP) is 8.84. The van der Waals surface area contributed by atoms with E-state index >= 15 is 8.90 Å². The zero-order chi connectivity index (χ0) is 41.2. The average molecular weight is 803 g/mol. The van der Waals surface area contributed by atoms with Crippen molar-refractivity contribution in [1.82, 2.24) is 15.0 Å². The molecule has 12 heteroatoms. The lowest BCUT2D eigenvalue weighted by Gasteiger charge is -2.31. The number of aliphatic hydroxyl groups is 1. The number of ether oxygens (including phenoxy) is 1. The van der Waals surface area contributed by atoms with Crippen LogP contribution >= 0.6 is 0 Å². The van der Waals surface area contributed by atoms with E-state index in [1.807, 2.05) is 92.0 Å². The highest BCUT2D eigenvalue weighted by molar-refractivity contribution is 6.72. The molecule has 4 heterocycles. The average Bonchev–Trinajstić information content (AvgIpc) is 3.86. The number of hydrogen-bond acceptors (Lipinski definition) is 7. The number of aryl methyl sites for hydroxylation is 1. The van der Waals surface area contributed by atoms with Crippen molar-refractivity contribution < 1.29 is 23.5 Å². The molecule has 1 N–H and O–H groups in total. The first kappa shape index (κ1) is 41.1. The van der Waals surface area contributed by atoms with E-state index in [-0.39, 0.29) is 24.3 Å². The summed E-state index contributed by atoms with van der Waals surface area (Å²) in [6, 6.07) is 25.1. The number of rotatable bonds is 14. The lowest BCUT2D eigenvalue weighted by Crippen LogP contribution is -2.45.